The van der Waals surface area contributed by atoms with Gasteiger partial charge in [0.05, 0.1) is 13.1 Å². The van der Waals surface area contributed by atoms with Crippen molar-refractivity contribution in [3.63, 3.8) is 0 Å². The Bertz CT molecular complexity index is 597. The van der Waals surface area contributed by atoms with Gasteiger partial charge in [0, 0.05) is 11.4 Å². The molecule has 0 saturated heterocycles. The second-order valence-electron chi connectivity index (χ2n) is 4.41. The number of nitrogens with zero attached hydrogens (tertiary/aromatic N) is 1. The maximum absolute atomic E-state index is 12.2. The van der Waals surface area contributed by atoms with Crippen LogP contribution in [0.25, 0.3) is 0 Å². The summed E-state index contributed by atoms with van der Waals surface area (Å²) in [6.45, 7) is 0.0544. The number of carbonyl (C=O) groups excluding carboxylic acids is 2. The lowest BCUT2D eigenvalue weighted by Crippen LogP contribution is -2.36. The highest BCUT2D eigenvalue weighted by atomic mass is 16.3. The number of hydrogen-bond donors (Lipinski definition) is 2. The standard InChI is InChI=1S/C16H16N2O3/c19-11-10-18(14-6-8-15(20)9-7-14)16(21)12-17-13-4-2-1-3-5-13/h1-9,11,17,20H,10,12H2. The fraction of sp³-hybridized carbons (Fsp3) is 0.125. The minimum atomic E-state index is -0.225. The minimum Gasteiger partial charge on any atom is -0.508 e. The van der Waals surface area contributed by atoms with E-state index in [1.54, 1.807) is 12.1 Å². The van der Waals surface area contributed by atoms with Gasteiger partial charge in [-0.1, -0.05) is 18.2 Å². The largest absolute Gasteiger partial charge is 0.508 e. The van der Waals surface area contributed by atoms with Gasteiger partial charge in [-0.2, -0.15) is 0 Å². The Morgan fingerprint density at radius 3 is 2.38 bits per heavy atom. The summed E-state index contributed by atoms with van der Waals surface area (Å²) in [5.41, 5.74) is 1.40. The fourth-order valence-electron chi connectivity index (χ4n) is 1.89. The highest BCUT2D eigenvalue weighted by molar-refractivity contribution is 5.98. The van der Waals surface area contributed by atoms with Gasteiger partial charge in [0.25, 0.3) is 0 Å². The van der Waals surface area contributed by atoms with Crippen LogP contribution in [0.3, 0.4) is 0 Å². The SMILES string of the molecule is O=CCN(C(=O)CNc1ccccc1)c1ccc(O)cc1. The molecule has 0 bridgehead atoms. The zero-order chi connectivity index (χ0) is 15.1. The Morgan fingerprint density at radius 2 is 1.76 bits per heavy atom. The number of rotatable bonds is 6. The van der Waals surface area contributed by atoms with Crippen molar-refractivity contribution in [2.24, 2.45) is 0 Å². The van der Waals surface area contributed by atoms with E-state index in [4.69, 9.17) is 0 Å². The van der Waals surface area contributed by atoms with Crippen LogP contribution >= 0.6 is 0 Å². The molecule has 1 amide bonds. The monoisotopic (exact) mass is 284 g/mol. The number of carbonyl (C=O) groups is 2. The van der Waals surface area contributed by atoms with Crippen LogP contribution in [0.15, 0.2) is 54.6 Å². The first-order chi connectivity index (χ1) is 10.2. The maximum atomic E-state index is 12.2. The van der Waals surface area contributed by atoms with Crippen LogP contribution in [0.1, 0.15) is 0 Å². The highest BCUT2D eigenvalue weighted by Crippen LogP contribution is 2.18. The van der Waals surface area contributed by atoms with Crippen LogP contribution in [-0.4, -0.2) is 30.4 Å². The Kier molecular flexibility index (Phi) is 4.93. The number of amides is 1. The smallest absolute Gasteiger partial charge is 0.246 e. The number of hydrogen-bond acceptors (Lipinski definition) is 4. The third kappa shape index (κ3) is 4.07. The number of aromatic hydroxyl groups is 1. The van der Waals surface area contributed by atoms with Crippen molar-refractivity contribution in [2.45, 2.75) is 0 Å². The van der Waals surface area contributed by atoms with E-state index in [1.807, 2.05) is 30.3 Å². The van der Waals surface area contributed by atoms with E-state index in [2.05, 4.69) is 5.32 Å². The molecule has 21 heavy (non-hydrogen) atoms. The average Bonchev–Trinajstić information content (AvgIpc) is 2.52. The molecular formula is C16H16N2O3. The molecule has 108 valence electrons. The van der Waals surface area contributed by atoms with Crippen LogP contribution in [0.2, 0.25) is 0 Å². The van der Waals surface area contributed by atoms with Crippen molar-refractivity contribution in [1.82, 2.24) is 0 Å². The van der Waals surface area contributed by atoms with Gasteiger partial charge in [-0.15, -0.1) is 0 Å². The van der Waals surface area contributed by atoms with Gasteiger partial charge < -0.3 is 20.1 Å². The number of benzene rings is 2. The highest BCUT2D eigenvalue weighted by Gasteiger charge is 2.14. The van der Waals surface area contributed by atoms with E-state index >= 15 is 0 Å². The summed E-state index contributed by atoms with van der Waals surface area (Å²) in [4.78, 5) is 24.4. The summed E-state index contributed by atoms with van der Waals surface area (Å²) < 4.78 is 0. The van der Waals surface area contributed by atoms with Crippen molar-refractivity contribution in [2.75, 3.05) is 23.3 Å². The van der Waals surface area contributed by atoms with Crippen LogP contribution < -0.4 is 10.2 Å². The molecule has 0 aliphatic rings. The Balaban J connectivity index is 2.05. The molecule has 0 unspecified atom stereocenters. The van der Waals surface area contributed by atoms with E-state index in [-0.39, 0.29) is 24.7 Å². The third-order valence-corrected chi connectivity index (χ3v) is 2.94. The van der Waals surface area contributed by atoms with E-state index in [9.17, 15) is 14.7 Å². The van der Waals surface area contributed by atoms with E-state index < -0.39 is 0 Å². The molecular weight excluding hydrogens is 268 g/mol. The quantitative estimate of drug-likeness (QED) is 0.796. The number of anilines is 2. The molecule has 0 heterocycles. The van der Waals surface area contributed by atoms with Gasteiger partial charge in [0.2, 0.25) is 5.91 Å². The lowest BCUT2D eigenvalue weighted by Gasteiger charge is -2.21. The summed E-state index contributed by atoms with van der Waals surface area (Å²) in [5.74, 6) is -0.115. The first-order valence-corrected chi connectivity index (χ1v) is 6.52. The number of phenolic OH excluding ortho intramolecular Hbond substituents is 1. The minimum absolute atomic E-state index is 0.0277. The predicted octanol–water partition coefficient (Wildman–Crippen LogP) is 2.04. The van der Waals surface area contributed by atoms with Crippen molar-refractivity contribution < 1.29 is 14.7 Å². The third-order valence-electron chi connectivity index (χ3n) is 2.94. The van der Waals surface area contributed by atoms with E-state index in [0.29, 0.717) is 12.0 Å². The molecule has 5 heteroatoms. The number of nitrogens with one attached hydrogen (secondary N) is 1. The van der Waals surface area contributed by atoms with Crippen LogP contribution in [0.4, 0.5) is 11.4 Å². The molecule has 0 spiro atoms. The lowest BCUT2D eigenvalue weighted by atomic mass is 10.2. The summed E-state index contributed by atoms with van der Waals surface area (Å²) >= 11 is 0. The number of para-hydroxylation sites is 1. The molecule has 2 rings (SSSR count). The molecule has 2 aromatic carbocycles. The predicted molar refractivity (Wildman–Crippen MR) is 81.5 cm³/mol. The normalized spacial score (nSPS) is 9.90. The van der Waals surface area contributed by atoms with Gasteiger partial charge in [-0.05, 0) is 36.4 Å². The number of aldehydes is 1. The van der Waals surface area contributed by atoms with Gasteiger partial charge >= 0.3 is 0 Å². The van der Waals surface area contributed by atoms with Crippen molar-refractivity contribution in [3.8, 4) is 5.75 Å². The van der Waals surface area contributed by atoms with Crippen LogP contribution in [-0.2, 0) is 9.59 Å². The van der Waals surface area contributed by atoms with Gasteiger partial charge in [0.1, 0.15) is 12.0 Å². The summed E-state index contributed by atoms with van der Waals surface area (Å²) in [6.07, 6.45) is 0.674. The summed E-state index contributed by atoms with van der Waals surface area (Å²) in [7, 11) is 0. The molecule has 0 radical (unpaired) electrons. The molecule has 0 atom stereocenters. The van der Waals surface area contributed by atoms with Gasteiger partial charge in [-0.25, -0.2) is 0 Å². The molecule has 5 nitrogen and oxygen atoms in total. The van der Waals surface area contributed by atoms with E-state index in [1.165, 1.54) is 17.0 Å². The van der Waals surface area contributed by atoms with Crippen LogP contribution in [0.5, 0.6) is 5.75 Å². The molecule has 0 saturated carbocycles. The lowest BCUT2D eigenvalue weighted by molar-refractivity contribution is -0.118. The molecule has 0 aliphatic carbocycles. The van der Waals surface area contributed by atoms with Gasteiger partial charge in [0.15, 0.2) is 0 Å². The average molecular weight is 284 g/mol. The molecule has 0 fully saturated rings. The second-order valence-corrected chi connectivity index (χ2v) is 4.41. The van der Waals surface area contributed by atoms with Crippen molar-refractivity contribution in [3.05, 3.63) is 54.6 Å². The zero-order valence-corrected chi connectivity index (χ0v) is 11.4. The van der Waals surface area contributed by atoms with Crippen LogP contribution in [0, 0.1) is 0 Å². The molecule has 2 aromatic rings. The van der Waals surface area contributed by atoms with Crippen molar-refractivity contribution in [1.29, 1.82) is 0 Å². The Hall–Kier alpha value is -2.82. The molecule has 0 aromatic heterocycles. The molecule has 0 aliphatic heterocycles. The number of phenols is 1. The zero-order valence-electron chi connectivity index (χ0n) is 11.4. The van der Waals surface area contributed by atoms with E-state index in [0.717, 1.165) is 5.69 Å². The second kappa shape index (κ2) is 7.09. The fourth-order valence-corrected chi connectivity index (χ4v) is 1.89. The maximum Gasteiger partial charge on any atom is 0.246 e. The topological polar surface area (TPSA) is 69.6 Å². The van der Waals surface area contributed by atoms with Crippen molar-refractivity contribution >= 4 is 23.6 Å². The van der Waals surface area contributed by atoms with Gasteiger partial charge in [-0.3, -0.25) is 4.79 Å². The summed E-state index contributed by atoms with van der Waals surface area (Å²) in [6, 6.07) is 15.5. The Labute approximate surface area is 122 Å². The Morgan fingerprint density at radius 1 is 1.10 bits per heavy atom. The first kappa shape index (κ1) is 14.6. The molecule has 2 N–H and O–H groups in total. The summed E-state index contributed by atoms with van der Waals surface area (Å²) in [5, 5.41) is 12.3. The first-order valence-electron chi connectivity index (χ1n) is 6.52.